The third-order valence-corrected chi connectivity index (χ3v) is 0.620. The number of nitrogens with two attached hydrogens (primary N) is 1. The predicted octanol–water partition coefficient (Wildman–Crippen LogP) is -0.571. The van der Waals surface area contributed by atoms with Gasteiger partial charge in [0.25, 0.3) is 0 Å². The predicted molar refractivity (Wildman–Crippen MR) is 27.5 cm³/mol. The Morgan fingerprint density at radius 2 is 2.43 bits per heavy atom. The van der Waals surface area contributed by atoms with Crippen molar-refractivity contribution in [1.29, 1.82) is 0 Å². The summed E-state index contributed by atoms with van der Waals surface area (Å²) in [5.74, 6) is 0.00231. The van der Waals surface area contributed by atoms with Crippen LogP contribution in [0.4, 0.5) is 0 Å². The Labute approximate surface area is 42.9 Å². The molecule has 0 heterocycles. The van der Waals surface area contributed by atoms with Gasteiger partial charge in [0.15, 0.2) is 0 Å². The van der Waals surface area contributed by atoms with Crippen LogP contribution in [0.2, 0.25) is 0 Å². The lowest BCUT2D eigenvalue weighted by atomic mass is 10.5. The van der Waals surface area contributed by atoms with E-state index in [2.05, 4.69) is 5.32 Å². The van der Waals surface area contributed by atoms with Gasteiger partial charge in [-0.2, -0.15) is 0 Å². The zero-order valence-corrected chi connectivity index (χ0v) is 4.40. The number of rotatable bonds is 2. The summed E-state index contributed by atoms with van der Waals surface area (Å²) < 4.78 is 0. The van der Waals surface area contributed by atoms with Crippen molar-refractivity contribution in [3.63, 3.8) is 0 Å². The first-order chi connectivity index (χ1) is 3.31. The molecule has 0 aromatic rings. The minimum atomic E-state index is 0.00231. The Balaban J connectivity index is 3.00. The van der Waals surface area contributed by atoms with E-state index in [0.29, 0.717) is 6.42 Å². The SMILES string of the molecule is CCC(=O)NCN. The van der Waals surface area contributed by atoms with Gasteiger partial charge in [-0.15, -0.1) is 0 Å². The van der Waals surface area contributed by atoms with E-state index < -0.39 is 0 Å². The van der Waals surface area contributed by atoms with E-state index in [-0.39, 0.29) is 12.6 Å². The monoisotopic (exact) mass is 102 g/mol. The second kappa shape index (κ2) is 3.61. The van der Waals surface area contributed by atoms with Crippen molar-refractivity contribution in [2.75, 3.05) is 6.67 Å². The van der Waals surface area contributed by atoms with Gasteiger partial charge in [-0.3, -0.25) is 4.79 Å². The first-order valence-corrected chi connectivity index (χ1v) is 2.28. The van der Waals surface area contributed by atoms with E-state index in [1.807, 2.05) is 0 Å². The molecule has 0 aliphatic heterocycles. The Morgan fingerprint density at radius 3 is 2.57 bits per heavy atom. The lowest BCUT2D eigenvalue weighted by Gasteiger charge is -1.93. The van der Waals surface area contributed by atoms with Gasteiger partial charge in [0.1, 0.15) is 0 Å². The lowest BCUT2D eigenvalue weighted by Crippen LogP contribution is -2.28. The minimum Gasteiger partial charge on any atom is -0.344 e. The normalized spacial score (nSPS) is 8.29. The molecular weight excluding hydrogens is 92.1 g/mol. The second-order valence-corrected chi connectivity index (χ2v) is 1.16. The molecule has 1 amide bonds. The molecule has 42 valence electrons. The standard InChI is InChI=1S/C4H10N2O/c1-2-4(7)6-3-5/h2-3,5H2,1H3,(H,6,7). The maximum absolute atomic E-state index is 10.2. The van der Waals surface area contributed by atoms with Crippen molar-refractivity contribution < 1.29 is 4.79 Å². The number of carbonyl (C=O) groups excluding carboxylic acids is 1. The van der Waals surface area contributed by atoms with Gasteiger partial charge in [-0.25, -0.2) is 0 Å². The molecule has 0 aliphatic rings. The average molecular weight is 102 g/mol. The van der Waals surface area contributed by atoms with Crippen molar-refractivity contribution >= 4 is 5.91 Å². The molecule has 0 bridgehead atoms. The van der Waals surface area contributed by atoms with E-state index in [4.69, 9.17) is 5.73 Å². The van der Waals surface area contributed by atoms with Gasteiger partial charge in [0.2, 0.25) is 5.91 Å². The molecule has 0 saturated heterocycles. The van der Waals surface area contributed by atoms with Crippen molar-refractivity contribution in [2.24, 2.45) is 5.73 Å². The third kappa shape index (κ3) is 3.26. The number of hydrogen-bond acceptors (Lipinski definition) is 2. The number of hydrogen-bond donors (Lipinski definition) is 2. The van der Waals surface area contributed by atoms with Crippen LogP contribution in [0.25, 0.3) is 0 Å². The molecule has 3 N–H and O–H groups in total. The van der Waals surface area contributed by atoms with Crippen LogP contribution < -0.4 is 11.1 Å². The quantitative estimate of drug-likeness (QED) is 0.459. The fraction of sp³-hybridized carbons (Fsp3) is 0.750. The first-order valence-electron chi connectivity index (χ1n) is 2.28. The molecule has 0 aromatic carbocycles. The van der Waals surface area contributed by atoms with E-state index in [1.54, 1.807) is 6.92 Å². The molecule has 0 saturated carbocycles. The Morgan fingerprint density at radius 1 is 1.86 bits per heavy atom. The first kappa shape index (κ1) is 6.43. The van der Waals surface area contributed by atoms with Gasteiger partial charge in [0.05, 0.1) is 6.67 Å². The summed E-state index contributed by atoms with van der Waals surface area (Å²) in [6.07, 6.45) is 0.511. The molecule has 0 atom stereocenters. The maximum atomic E-state index is 10.2. The zero-order valence-electron chi connectivity index (χ0n) is 4.40. The van der Waals surface area contributed by atoms with E-state index in [9.17, 15) is 4.79 Å². The number of carbonyl (C=O) groups is 1. The van der Waals surface area contributed by atoms with Gasteiger partial charge in [-0.1, -0.05) is 6.92 Å². The molecule has 0 rings (SSSR count). The molecule has 0 unspecified atom stereocenters. The van der Waals surface area contributed by atoms with Crippen LogP contribution in [-0.2, 0) is 4.79 Å². The smallest absolute Gasteiger partial charge is 0.220 e. The van der Waals surface area contributed by atoms with Crippen LogP contribution in [0.15, 0.2) is 0 Å². The summed E-state index contributed by atoms with van der Waals surface area (Å²) >= 11 is 0. The van der Waals surface area contributed by atoms with Crippen molar-refractivity contribution in [1.82, 2.24) is 5.32 Å². The van der Waals surface area contributed by atoms with Crippen molar-refractivity contribution in [3.8, 4) is 0 Å². The number of nitrogens with one attached hydrogen (secondary N) is 1. The molecular formula is C4H10N2O. The van der Waals surface area contributed by atoms with E-state index in [0.717, 1.165) is 0 Å². The molecule has 0 aliphatic carbocycles. The summed E-state index contributed by atoms with van der Waals surface area (Å²) in [7, 11) is 0. The molecule has 3 nitrogen and oxygen atoms in total. The summed E-state index contributed by atoms with van der Waals surface area (Å²) in [6.45, 7) is 2.03. The van der Waals surface area contributed by atoms with Crippen LogP contribution in [0.1, 0.15) is 13.3 Å². The highest BCUT2D eigenvalue weighted by Crippen LogP contribution is 1.69. The summed E-state index contributed by atoms with van der Waals surface area (Å²) in [5, 5.41) is 2.43. The van der Waals surface area contributed by atoms with Crippen molar-refractivity contribution in [2.45, 2.75) is 13.3 Å². The highest BCUT2D eigenvalue weighted by molar-refractivity contribution is 5.75. The van der Waals surface area contributed by atoms with Crippen LogP contribution in [-0.4, -0.2) is 12.6 Å². The summed E-state index contributed by atoms with van der Waals surface area (Å²) in [5.41, 5.74) is 4.97. The van der Waals surface area contributed by atoms with Crippen LogP contribution >= 0.6 is 0 Å². The van der Waals surface area contributed by atoms with Crippen LogP contribution in [0.5, 0.6) is 0 Å². The van der Waals surface area contributed by atoms with E-state index >= 15 is 0 Å². The Hall–Kier alpha value is -0.570. The van der Waals surface area contributed by atoms with Gasteiger partial charge in [0, 0.05) is 6.42 Å². The van der Waals surface area contributed by atoms with Gasteiger partial charge < -0.3 is 11.1 Å². The number of amides is 1. The van der Waals surface area contributed by atoms with Gasteiger partial charge >= 0.3 is 0 Å². The molecule has 7 heavy (non-hydrogen) atoms. The lowest BCUT2D eigenvalue weighted by molar-refractivity contribution is -0.120. The highest BCUT2D eigenvalue weighted by Gasteiger charge is 1.88. The molecule has 0 fully saturated rings. The van der Waals surface area contributed by atoms with Gasteiger partial charge in [-0.05, 0) is 0 Å². The average Bonchev–Trinajstić information content (AvgIpc) is 1.68. The maximum Gasteiger partial charge on any atom is 0.220 e. The molecule has 0 radical (unpaired) electrons. The van der Waals surface area contributed by atoms with Crippen molar-refractivity contribution in [3.05, 3.63) is 0 Å². The fourth-order valence-electron chi connectivity index (χ4n) is 0.239. The van der Waals surface area contributed by atoms with Crippen LogP contribution in [0, 0.1) is 0 Å². The zero-order chi connectivity index (χ0) is 5.70. The van der Waals surface area contributed by atoms with E-state index in [1.165, 1.54) is 0 Å². The van der Waals surface area contributed by atoms with Crippen LogP contribution in [0.3, 0.4) is 0 Å². The second-order valence-electron chi connectivity index (χ2n) is 1.16. The molecule has 3 heteroatoms. The largest absolute Gasteiger partial charge is 0.344 e. The Kier molecular flexibility index (Phi) is 3.32. The topological polar surface area (TPSA) is 55.1 Å². The minimum absolute atomic E-state index is 0.00231. The molecule has 0 aromatic heterocycles. The fourth-order valence-corrected chi connectivity index (χ4v) is 0.239. The Bertz CT molecular complexity index is 62.7. The third-order valence-electron chi connectivity index (χ3n) is 0.620. The summed E-state index contributed by atoms with van der Waals surface area (Å²) in [6, 6.07) is 0. The highest BCUT2D eigenvalue weighted by atomic mass is 16.1. The molecule has 0 spiro atoms. The summed E-state index contributed by atoms with van der Waals surface area (Å²) in [4.78, 5) is 10.2.